The van der Waals surface area contributed by atoms with Gasteiger partial charge in [0.15, 0.2) is 0 Å². The molecule has 0 fully saturated rings. The Kier molecular flexibility index (Phi) is 4.56. The smallest absolute Gasteiger partial charge is 0.345 e. The Hall–Kier alpha value is -0.680. The molecule has 0 aliphatic rings. The maximum atomic E-state index is 10.7. The summed E-state index contributed by atoms with van der Waals surface area (Å²) in [6, 6.07) is 7.04. The number of benzene rings is 1. The molecule has 1 aromatic carbocycles. The fourth-order valence-electron chi connectivity index (χ4n) is 1.31. The first-order chi connectivity index (χ1) is 8.56. The van der Waals surface area contributed by atoms with Crippen molar-refractivity contribution in [2.75, 3.05) is 0 Å². The van der Waals surface area contributed by atoms with E-state index in [0.717, 1.165) is 10.5 Å². The average Bonchev–Trinajstić information content (AvgIpc) is 2.76. The van der Waals surface area contributed by atoms with E-state index in [1.54, 1.807) is 30.0 Å². The summed E-state index contributed by atoms with van der Waals surface area (Å²) in [4.78, 5) is 12.0. The first-order valence-electron chi connectivity index (χ1n) is 4.95. The summed E-state index contributed by atoms with van der Waals surface area (Å²) in [5.74, 6) is -0.206. The van der Waals surface area contributed by atoms with E-state index in [2.05, 4.69) is 0 Å². The molecule has 0 aliphatic carbocycles. The van der Waals surface area contributed by atoms with E-state index in [4.69, 9.17) is 28.3 Å². The lowest BCUT2D eigenvalue weighted by molar-refractivity contribution is 0.0702. The van der Waals surface area contributed by atoms with Crippen LogP contribution >= 0.6 is 46.3 Å². The second-order valence-corrected chi connectivity index (χ2v) is 6.28. The molecule has 6 heteroatoms. The number of carboxylic acid groups (broad SMARTS) is 1. The minimum atomic E-state index is -0.892. The Bertz CT molecular complexity index is 581. The van der Waals surface area contributed by atoms with Gasteiger partial charge < -0.3 is 5.11 Å². The van der Waals surface area contributed by atoms with Crippen molar-refractivity contribution in [2.24, 2.45) is 0 Å². The van der Waals surface area contributed by atoms with Crippen LogP contribution in [-0.4, -0.2) is 11.1 Å². The molecule has 0 saturated heterocycles. The highest BCUT2D eigenvalue weighted by molar-refractivity contribution is 7.98. The predicted molar refractivity (Wildman–Crippen MR) is 77.3 cm³/mol. The summed E-state index contributed by atoms with van der Waals surface area (Å²) in [5, 5.41) is 11.9. The van der Waals surface area contributed by atoms with Gasteiger partial charge in [-0.3, -0.25) is 0 Å². The normalized spacial score (nSPS) is 10.6. The molecule has 94 valence electrons. The van der Waals surface area contributed by atoms with Gasteiger partial charge in [0.05, 0.1) is 0 Å². The molecule has 0 aliphatic heterocycles. The fourth-order valence-corrected chi connectivity index (χ4v) is 3.73. The molecule has 0 radical (unpaired) electrons. The maximum absolute atomic E-state index is 10.7. The molecule has 0 atom stereocenters. The van der Waals surface area contributed by atoms with Crippen molar-refractivity contribution in [3.63, 3.8) is 0 Å². The number of thioether (sulfide) groups is 1. The Labute approximate surface area is 123 Å². The van der Waals surface area contributed by atoms with Gasteiger partial charge in [-0.25, -0.2) is 4.79 Å². The quantitative estimate of drug-likeness (QED) is 0.802. The Morgan fingerprint density at radius 1 is 1.33 bits per heavy atom. The van der Waals surface area contributed by atoms with Gasteiger partial charge in [-0.05, 0) is 23.8 Å². The lowest BCUT2D eigenvalue weighted by atomic mass is 10.2. The van der Waals surface area contributed by atoms with Gasteiger partial charge in [-0.2, -0.15) is 0 Å². The summed E-state index contributed by atoms with van der Waals surface area (Å²) < 4.78 is 0. The number of hydrogen-bond donors (Lipinski definition) is 1. The first-order valence-corrected chi connectivity index (χ1v) is 7.57. The van der Waals surface area contributed by atoms with Gasteiger partial charge in [0.2, 0.25) is 0 Å². The Morgan fingerprint density at radius 3 is 2.72 bits per heavy atom. The molecular formula is C12H8Cl2O2S2. The van der Waals surface area contributed by atoms with Crippen LogP contribution in [0.15, 0.2) is 34.5 Å². The molecule has 0 unspecified atom stereocenters. The first kappa shape index (κ1) is 13.7. The highest BCUT2D eigenvalue weighted by Crippen LogP contribution is 2.31. The number of halogens is 2. The van der Waals surface area contributed by atoms with E-state index in [-0.39, 0.29) is 0 Å². The number of carboxylic acids is 1. The van der Waals surface area contributed by atoms with Crippen LogP contribution in [-0.2, 0) is 5.75 Å². The van der Waals surface area contributed by atoms with Gasteiger partial charge in [0.1, 0.15) is 4.88 Å². The second-order valence-electron chi connectivity index (χ2n) is 3.48. The Morgan fingerprint density at radius 2 is 2.11 bits per heavy atom. The van der Waals surface area contributed by atoms with Crippen LogP contribution in [0.4, 0.5) is 0 Å². The lowest BCUT2D eigenvalue weighted by Gasteiger charge is -2.03. The third kappa shape index (κ3) is 3.42. The van der Waals surface area contributed by atoms with E-state index < -0.39 is 5.97 Å². The topological polar surface area (TPSA) is 37.3 Å². The zero-order valence-electron chi connectivity index (χ0n) is 9.02. The van der Waals surface area contributed by atoms with Gasteiger partial charge in [-0.15, -0.1) is 23.1 Å². The predicted octanol–water partition coefficient (Wildman–Crippen LogP) is 5.05. The number of rotatable bonds is 4. The van der Waals surface area contributed by atoms with Gasteiger partial charge in [0, 0.05) is 26.1 Å². The van der Waals surface area contributed by atoms with Crippen molar-refractivity contribution >= 4 is 52.3 Å². The van der Waals surface area contributed by atoms with E-state index in [9.17, 15) is 4.79 Å². The minimum Gasteiger partial charge on any atom is -0.477 e. The van der Waals surface area contributed by atoms with Gasteiger partial charge >= 0.3 is 5.97 Å². The SMILES string of the molecule is O=C(O)c1cc(SCc2ccc(Cl)cc2Cl)cs1. The molecule has 2 nitrogen and oxygen atoms in total. The molecule has 0 saturated carbocycles. The zero-order chi connectivity index (χ0) is 13.1. The summed E-state index contributed by atoms with van der Waals surface area (Å²) in [7, 11) is 0. The molecule has 2 aromatic rings. The second kappa shape index (κ2) is 5.97. The van der Waals surface area contributed by atoms with E-state index >= 15 is 0 Å². The molecule has 18 heavy (non-hydrogen) atoms. The summed E-state index contributed by atoms with van der Waals surface area (Å²) in [5.41, 5.74) is 0.981. The molecule has 0 amide bonds. The molecule has 0 spiro atoms. The third-order valence-corrected chi connectivity index (χ3v) is 4.87. The Balaban J connectivity index is 2.04. The number of carbonyl (C=O) groups is 1. The average molecular weight is 319 g/mol. The lowest BCUT2D eigenvalue weighted by Crippen LogP contribution is -1.89. The third-order valence-electron chi connectivity index (χ3n) is 2.20. The summed E-state index contributed by atoms with van der Waals surface area (Å²) in [6.07, 6.45) is 0. The van der Waals surface area contributed by atoms with Crippen LogP contribution in [0.1, 0.15) is 15.2 Å². The van der Waals surface area contributed by atoms with Gasteiger partial charge in [0.25, 0.3) is 0 Å². The van der Waals surface area contributed by atoms with Crippen molar-refractivity contribution in [1.82, 2.24) is 0 Å². The molecule has 0 bridgehead atoms. The highest BCUT2D eigenvalue weighted by atomic mass is 35.5. The van der Waals surface area contributed by atoms with Crippen LogP contribution in [0, 0.1) is 0 Å². The van der Waals surface area contributed by atoms with Gasteiger partial charge in [-0.1, -0.05) is 29.3 Å². The zero-order valence-corrected chi connectivity index (χ0v) is 12.2. The highest BCUT2D eigenvalue weighted by Gasteiger charge is 2.08. The van der Waals surface area contributed by atoms with Crippen LogP contribution < -0.4 is 0 Å². The van der Waals surface area contributed by atoms with E-state index in [1.807, 2.05) is 11.4 Å². The molecule has 1 N–H and O–H groups in total. The maximum Gasteiger partial charge on any atom is 0.345 e. The summed E-state index contributed by atoms with van der Waals surface area (Å²) >= 11 is 14.7. The number of hydrogen-bond acceptors (Lipinski definition) is 3. The minimum absolute atomic E-state index is 0.347. The standard InChI is InChI=1S/C12H8Cl2O2S2/c13-8-2-1-7(10(14)3-8)5-17-9-4-11(12(15)16)18-6-9/h1-4,6H,5H2,(H,15,16). The van der Waals surface area contributed by atoms with Crippen molar-refractivity contribution in [2.45, 2.75) is 10.6 Å². The number of thiophene rings is 1. The monoisotopic (exact) mass is 318 g/mol. The summed E-state index contributed by atoms with van der Waals surface area (Å²) in [6.45, 7) is 0. The van der Waals surface area contributed by atoms with Crippen LogP contribution in [0.25, 0.3) is 0 Å². The number of aromatic carboxylic acids is 1. The van der Waals surface area contributed by atoms with E-state index in [1.165, 1.54) is 11.3 Å². The van der Waals surface area contributed by atoms with Crippen LogP contribution in [0.2, 0.25) is 10.0 Å². The molecule has 1 aromatic heterocycles. The largest absolute Gasteiger partial charge is 0.477 e. The van der Waals surface area contributed by atoms with Crippen molar-refractivity contribution in [1.29, 1.82) is 0 Å². The van der Waals surface area contributed by atoms with Crippen LogP contribution in [0.5, 0.6) is 0 Å². The molecule has 1 heterocycles. The van der Waals surface area contributed by atoms with Crippen molar-refractivity contribution < 1.29 is 9.90 Å². The van der Waals surface area contributed by atoms with Crippen molar-refractivity contribution in [3.8, 4) is 0 Å². The van der Waals surface area contributed by atoms with Crippen LogP contribution in [0.3, 0.4) is 0 Å². The van der Waals surface area contributed by atoms with Crippen molar-refractivity contribution in [3.05, 3.63) is 50.1 Å². The fraction of sp³-hybridized carbons (Fsp3) is 0.0833. The molecular weight excluding hydrogens is 311 g/mol. The molecule has 2 rings (SSSR count). The van der Waals surface area contributed by atoms with E-state index in [0.29, 0.717) is 20.7 Å².